The molecule has 0 bridgehead atoms. The molecule has 0 aliphatic heterocycles. The molecule has 18 heavy (non-hydrogen) atoms. The smallest absolute Gasteiger partial charge is 0.302 e. The Morgan fingerprint density at radius 2 is 1.50 bits per heavy atom. The second-order valence-corrected chi connectivity index (χ2v) is 4.93. The van der Waals surface area contributed by atoms with Gasteiger partial charge in [0.05, 0.1) is 6.61 Å². The van der Waals surface area contributed by atoms with Crippen LogP contribution in [0.5, 0.6) is 0 Å². The highest BCUT2D eigenvalue weighted by molar-refractivity contribution is 6.17. The predicted molar refractivity (Wildman–Crippen MR) is 78.0 cm³/mol. The Labute approximate surface area is 117 Å². The van der Waals surface area contributed by atoms with Crippen molar-refractivity contribution in [2.75, 3.05) is 12.5 Å². The van der Waals surface area contributed by atoms with E-state index in [1.165, 1.54) is 51.9 Å². The van der Waals surface area contributed by atoms with Gasteiger partial charge >= 0.3 is 5.97 Å². The molecule has 0 radical (unpaired) electrons. The molecular formula is C15H27ClO2. The SMILES string of the molecule is CC(=O)OCCCCCCCCC/C=C\CCCl. The lowest BCUT2D eigenvalue weighted by Crippen LogP contribution is -1.99. The van der Waals surface area contributed by atoms with E-state index in [4.69, 9.17) is 16.3 Å². The molecule has 106 valence electrons. The van der Waals surface area contributed by atoms with E-state index in [9.17, 15) is 4.79 Å². The summed E-state index contributed by atoms with van der Waals surface area (Å²) >= 11 is 5.57. The summed E-state index contributed by atoms with van der Waals surface area (Å²) in [6.45, 7) is 2.04. The molecular weight excluding hydrogens is 248 g/mol. The predicted octanol–water partition coefficient (Wildman–Crippen LogP) is 4.86. The summed E-state index contributed by atoms with van der Waals surface area (Å²) in [6, 6.07) is 0. The number of hydrogen-bond acceptors (Lipinski definition) is 2. The Balaban J connectivity index is 3.01. The maximum absolute atomic E-state index is 10.5. The fraction of sp³-hybridized carbons (Fsp3) is 0.800. The van der Waals surface area contributed by atoms with E-state index >= 15 is 0 Å². The summed E-state index contributed by atoms with van der Waals surface area (Å²) in [7, 11) is 0. The molecule has 0 aromatic rings. The van der Waals surface area contributed by atoms with Crippen LogP contribution in [0.25, 0.3) is 0 Å². The summed E-state index contributed by atoms with van der Waals surface area (Å²) in [4.78, 5) is 10.5. The van der Waals surface area contributed by atoms with Gasteiger partial charge in [0.15, 0.2) is 0 Å². The molecule has 0 N–H and O–H groups in total. The largest absolute Gasteiger partial charge is 0.466 e. The maximum Gasteiger partial charge on any atom is 0.302 e. The van der Waals surface area contributed by atoms with Crippen LogP contribution < -0.4 is 0 Å². The number of esters is 1. The van der Waals surface area contributed by atoms with Crippen LogP contribution in [0.4, 0.5) is 0 Å². The van der Waals surface area contributed by atoms with E-state index < -0.39 is 0 Å². The minimum Gasteiger partial charge on any atom is -0.466 e. The number of halogens is 1. The van der Waals surface area contributed by atoms with Gasteiger partial charge in [0.2, 0.25) is 0 Å². The summed E-state index contributed by atoms with van der Waals surface area (Å²) in [5.41, 5.74) is 0. The summed E-state index contributed by atoms with van der Waals surface area (Å²) in [5.74, 6) is 0.557. The molecule has 0 aromatic heterocycles. The van der Waals surface area contributed by atoms with Crippen molar-refractivity contribution in [1.82, 2.24) is 0 Å². The van der Waals surface area contributed by atoms with Crippen LogP contribution >= 0.6 is 11.6 Å². The molecule has 0 fully saturated rings. The van der Waals surface area contributed by atoms with Crippen LogP contribution in [-0.2, 0) is 9.53 Å². The van der Waals surface area contributed by atoms with Crippen molar-refractivity contribution in [3.63, 3.8) is 0 Å². The average Bonchev–Trinajstić information content (AvgIpc) is 2.34. The van der Waals surface area contributed by atoms with Crippen LogP contribution in [0.2, 0.25) is 0 Å². The third-order valence-corrected chi connectivity index (χ3v) is 2.98. The van der Waals surface area contributed by atoms with Crippen molar-refractivity contribution < 1.29 is 9.53 Å². The van der Waals surface area contributed by atoms with E-state index in [1.807, 2.05) is 0 Å². The molecule has 0 rings (SSSR count). The number of rotatable bonds is 12. The first-order valence-corrected chi connectivity index (χ1v) is 7.65. The van der Waals surface area contributed by atoms with Gasteiger partial charge < -0.3 is 4.74 Å². The molecule has 0 saturated carbocycles. The Hall–Kier alpha value is -0.500. The second-order valence-electron chi connectivity index (χ2n) is 4.55. The van der Waals surface area contributed by atoms with Crippen LogP contribution in [0.1, 0.15) is 64.7 Å². The standard InChI is InChI=1S/C15H27ClO2/c1-15(17)18-14-12-10-8-6-4-2-3-5-7-9-11-13-16/h7,9H,2-6,8,10-14H2,1H3/b9-7-. The Bertz CT molecular complexity index is 215. The summed E-state index contributed by atoms with van der Waals surface area (Å²) in [5, 5.41) is 0. The maximum atomic E-state index is 10.5. The molecule has 3 heteroatoms. The van der Waals surface area contributed by atoms with Crippen molar-refractivity contribution in [2.45, 2.75) is 64.7 Å². The first-order valence-electron chi connectivity index (χ1n) is 7.11. The molecule has 0 aromatic carbocycles. The highest BCUT2D eigenvalue weighted by atomic mass is 35.5. The minimum absolute atomic E-state index is 0.169. The number of unbranched alkanes of at least 4 members (excludes halogenated alkanes) is 7. The molecule has 0 amide bonds. The number of ether oxygens (including phenoxy) is 1. The topological polar surface area (TPSA) is 26.3 Å². The van der Waals surface area contributed by atoms with Gasteiger partial charge in [-0.2, -0.15) is 0 Å². The average molecular weight is 275 g/mol. The first-order chi connectivity index (χ1) is 8.77. The zero-order valence-electron chi connectivity index (χ0n) is 11.6. The van der Waals surface area contributed by atoms with Crippen molar-refractivity contribution in [3.05, 3.63) is 12.2 Å². The molecule has 0 spiro atoms. The zero-order valence-corrected chi connectivity index (χ0v) is 12.4. The van der Waals surface area contributed by atoms with Crippen molar-refractivity contribution >= 4 is 17.6 Å². The quantitative estimate of drug-likeness (QED) is 0.220. The molecule has 0 unspecified atom stereocenters. The fourth-order valence-electron chi connectivity index (χ4n) is 1.76. The first kappa shape index (κ1) is 17.5. The lowest BCUT2D eigenvalue weighted by Gasteiger charge is -2.02. The van der Waals surface area contributed by atoms with Gasteiger partial charge in [0.25, 0.3) is 0 Å². The number of alkyl halides is 1. The third kappa shape index (κ3) is 15.5. The van der Waals surface area contributed by atoms with Gasteiger partial charge in [-0.15, -0.1) is 11.6 Å². The lowest BCUT2D eigenvalue weighted by molar-refractivity contribution is -0.141. The van der Waals surface area contributed by atoms with Gasteiger partial charge in [0, 0.05) is 12.8 Å². The Morgan fingerprint density at radius 1 is 0.944 bits per heavy atom. The minimum atomic E-state index is -0.169. The number of carbonyl (C=O) groups is 1. The molecule has 0 heterocycles. The molecule has 0 aliphatic rings. The monoisotopic (exact) mass is 274 g/mol. The molecule has 0 saturated heterocycles. The third-order valence-electron chi connectivity index (χ3n) is 2.76. The Kier molecular flexibility index (Phi) is 14.2. The Morgan fingerprint density at radius 3 is 2.11 bits per heavy atom. The van der Waals surface area contributed by atoms with E-state index in [1.54, 1.807) is 0 Å². The van der Waals surface area contributed by atoms with Gasteiger partial charge in [0.1, 0.15) is 0 Å². The van der Waals surface area contributed by atoms with E-state index in [-0.39, 0.29) is 5.97 Å². The molecule has 2 nitrogen and oxygen atoms in total. The van der Waals surface area contributed by atoms with Crippen molar-refractivity contribution in [3.8, 4) is 0 Å². The van der Waals surface area contributed by atoms with Crippen LogP contribution in [-0.4, -0.2) is 18.5 Å². The van der Waals surface area contributed by atoms with E-state index in [0.29, 0.717) is 6.61 Å². The normalized spacial score (nSPS) is 11.0. The van der Waals surface area contributed by atoms with Crippen molar-refractivity contribution in [2.24, 2.45) is 0 Å². The van der Waals surface area contributed by atoms with E-state index in [2.05, 4.69) is 12.2 Å². The zero-order chi connectivity index (χ0) is 13.5. The summed E-state index contributed by atoms with van der Waals surface area (Å²) in [6.07, 6.45) is 15.2. The number of allylic oxidation sites excluding steroid dienone is 2. The highest BCUT2D eigenvalue weighted by Gasteiger charge is 1.94. The van der Waals surface area contributed by atoms with Crippen LogP contribution in [0, 0.1) is 0 Å². The van der Waals surface area contributed by atoms with Crippen molar-refractivity contribution in [1.29, 1.82) is 0 Å². The van der Waals surface area contributed by atoms with Gasteiger partial charge in [-0.25, -0.2) is 0 Å². The fourth-order valence-corrected chi connectivity index (χ4v) is 1.89. The highest BCUT2D eigenvalue weighted by Crippen LogP contribution is 2.09. The number of hydrogen-bond donors (Lipinski definition) is 0. The van der Waals surface area contributed by atoms with Gasteiger partial charge in [-0.3, -0.25) is 4.79 Å². The molecule has 0 atom stereocenters. The van der Waals surface area contributed by atoms with Crippen LogP contribution in [0.3, 0.4) is 0 Å². The summed E-state index contributed by atoms with van der Waals surface area (Å²) < 4.78 is 4.88. The lowest BCUT2D eigenvalue weighted by atomic mass is 10.1. The van der Waals surface area contributed by atoms with E-state index in [0.717, 1.165) is 18.7 Å². The number of carbonyl (C=O) groups excluding carboxylic acids is 1. The molecule has 0 aliphatic carbocycles. The second kappa shape index (κ2) is 14.6. The van der Waals surface area contributed by atoms with Crippen LogP contribution in [0.15, 0.2) is 12.2 Å². The van der Waals surface area contributed by atoms with Gasteiger partial charge in [-0.05, 0) is 25.7 Å². The van der Waals surface area contributed by atoms with Gasteiger partial charge in [-0.1, -0.05) is 44.3 Å².